The van der Waals surface area contributed by atoms with Crippen molar-refractivity contribution < 1.29 is 14.0 Å². The van der Waals surface area contributed by atoms with E-state index < -0.39 is 0 Å². The summed E-state index contributed by atoms with van der Waals surface area (Å²) in [6.45, 7) is 5.35. The number of hydrogen-bond donors (Lipinski definition) is 0. The maximum absolute atomic E-state index is 5.72. The Morgan fingerprint density at radius 3 is 3.10 bits per heavy atom. The molecule has 0 N–H and O–H groups in total. The Bertz CT molecular complexity index is 435. The molecule has 0 aromatic carbocycles. The van der Waals surface area contributed by atoms with Crippen molar-refractivity contribution in [3.05, 3.63) is 17.5 Å². The molecule has 20 heavy (non-hydrogen) atoms. The lowest BCUT2D eigenvalue weighted by atomic mass is 9.94. The molecular weight excluding hydrogens is 256 g/mol. The zero-order chi connectivity index (χ0) is 13.9. The van der Waals surface area contributed by atoms with Gasteiger partial charge in [-0.15, -0.1) is 0 Å². The molecule has 1 aromatic rings. The van der Waals surface area contributed by atoms with Crippen molar-refractivity contribution in [3.63, 3.8) is 0 Å². The molecule has 3 atom stereocenters. The van der Waals surface area contributed by atoms with Gasteiger partial charge in [0.15, 0.2) is 0 Å². The first kappa shape index (κ1) is 14.0. The summed E-state index contributed by atoms with van der Waals surface area (Å²) in [5.74, 6) is 1.45. The number of hydrogen-bond acceptors (Lipinski definition) is 5. The fourth-order valence-electron chi connectivity index (χ4n) is 3.64. The van der Waals surface area contributed by atoms with Crippen molar-refractivity contribution in [2.75, 3.05) is 26.9 Å². The Morgan fingerprint density at radius 2 is 2.35 bits per heavy atom. The monoisotopic (exact) mass is 280 g/mol. The first-order valence-electron chi connectivity index (χ1n) is 7.54. The van der Waals surface area contributed by atoms with Crippen molar-refractivity contribution in [1.29, 1.82) is 0 Å². The number of morpholine rings is 1. The Labute approximate surface area is 120 Å². The summed E-state index contributed by atoms with van der Waals surface area (Å²) in [7, 11) is 1.83. The number of rotatable bonds is 4. The fourth-order valence-corrected chi connectivity index (χ4v) is 3.64. The summed E-state index contributed by atoms with van der Waals surface area (Å²) in [6, 6.07) is 2.46. The second-order valence-corrected chi connectivity index (χ2v) is 5.91. The summed E-state index contributed by atoms with van der Waals surface area (Å²) in [6.07, 6.45) is 4.05. The molecule has 1 aliphatic carbocycles. The van der Waals surface area contributed by atoms with Gasteiger partial charge < -0.3 is 14.0 Å². The highest BCUT2D eigenvalue weighted by molar-refractivity contribution is 5.04. The number of nitrogens with zero attached hydrogens (tertiary/aromatic N) is 2. The highest BCUT2D eigenvalue weighted by Crippen LogP contribution is 2.34. The highest BCUT2D eigenvalue weighted by Gasteiger charge is 2.38. The van der Waals surface area contributed by atoms with Crippen LogP contribution in [0.4, 0.5) is 0 Å². The third-order valence-corrected chi connectivity index (χ3v) is 4.62. The van der Waals surface area contributed by atoms with E-state index in [1.807, 2.05) is 20.1 Å². The molecule has 0 unspecified atom stereocenters. The van der Waals surface area contributed by atoms with Crippen LogP contribution in [-0.4, -0.2) is 49.1 Å². The van der Waals surface area contributed by atoms with Crippen LogP contribution in [0.5, 0.6) is 0 Å². The summed E-state index contributed by atoms with van der Waals surface area (Å²) < 4.78 is 16.6. The molecular formula is C15H24N2O3. The summed E-state index contributed by atoms with van der Waals surface area (Å²) in [4.78, 5) is 2.49. The second kappa shape index (κ2) is 6.24. The largest absolute Gasteiger partial charge is 0.381 e. The van der Waals surface area contributed by atoms with E-state index >= 15 is 0 Å². The Balaban J connectivity index is 1.70. The average Bonchev–Trinajstić information content (AvgIpc) is 3.08. The predicted octanol–water partition coefficient (Wildman–Crippen LogP) is 2.00. The summed E-state index contributed by atoms with van der Waals surface area (Å²) >= 11 is 0. The lowest BCUT2D eigenvalue weighted by Gasteiger charge is -2.40. The van der Waals surface area contributed by atoms with E-state index in [0.29, 0.717) is 18.1 Å². The molecule has 1 aliphatic heterocycles. The van der Waals surface area contributed by atoms with Gasteiger partial charge in [0.1, 0.15) is 5.76 Å². The minimum absolute atomic E-state index is 0.378. The molecule has 2 fully saturated rings. The third-order valence-electron chi connectivity index (χ3n) is 4.62. The smallest absolute Gasteiger partial charge is 0.133 e. The number of ether oxygens (including phenoxy) is 2. The third kappa shape index (κ3) is 2.90. The van der Waals surface area contributed by atoms with Crippen molar-refractivity contribution in [2.24, 2.45) is 5.92 Å². The van der Waals surface area contributed by atoms with Gasteiger partial charge in [-0.1, -0.05) is 11.6 Å². The zero-order valence-electron chi connectivity index (χ0n) is 12.4. The van der Waals surface area contributed by atoms with Gasteiger partial charge in [-0.25, -0.2) is 0 Å². The molecule has 112 valence electrons. The number of aryl methyl sites for hydroxylation is 1. The van der Waals surface area contributed by atoms with Crippen LogP contribution in [0.3, 0.4) is 0 Å². The summed E-state index contributed by atoms with van der Waals surface area (Å²) in [5.41, 5.74) is 1.02. The van der Waals surface area contributed by atoms with Crippen LogP contribution in [-0.2, 0) is 16.0 Å². The van der Waals surface area contributed by atoms with Crippen LogP contribution < -0.4 is 0 Å². The molecule has 1 saturated heterocycles. The van der Waals surface area contributed by atoms with Gasteiger partial charge in [-0.3, -0.25) is 4.90 Å². The molecule has 0 radical (unpaired) electrons. The van der Waals surface area contributed by atoms with E-state index in [1.165, 1.54) is 19.3 Å². The molecule has 5 heteroatoms. The van der Waals surface area contributed by atoms with Gasteiger partial charge >= 0.3 is 0 Å². The molecule has 3 rings (SSSR count). The minimum atomic E-state index is 0.378. The van der Waals surface area contributed by atoms with Gasteiger partial charge in [0.25, 0.3) is 0 Å². The lowest BCUT2D eigenvalue weighted by molar-refractivity contribution is -0.0614. The second-order valence-electron chi connectivity index (χ2n) is 5.91. The number of methoxy groups -OCH3 is 1. The van der Waals surface area contributed by atoms with E-state index in [-0.39, 0.29) is 0 Å². The van der Waals surface area contributed by atoms with Crippen LogP contribution in [0.1, 0.15) is 30.7 Å². The maximum Gasteiger partial charge on any atom is 0.133 e. The number of aromatic nitrogens is 1. The molecule has 2 heterocycles. The van der Waals surface area contributed by atoms with Gasteiger partial charge in [-0.2, -0.15) is 0 Å². The highest BCUT2D eigenvalue weighted by atomic mass is 16.5. The van der Waals surface area contributed by atoms with Crippen LogP contribution in [0.15, 0.2) is 10.6 Å². The van der Waals surface area contributed by atoms with Crippen LogP contribution in [0.2, 0.25) is 0 Å². The van der Waals surface area contributed by atoms with E-state index in [4.69, 9.17) is 14.0 Å². The first-order chi connectivity index (χ1) is 9.78. The predicted molar refractivity (Wildman–Crippen MR) is 74.4 cm³/mol. The molecule has 5 nitrogen and oxygen atoms in total. The Hall–Kier alpha value is -0.910. The van der Waals surface area contributed by atoms with Gasteiger partial charge in [-0.05, 0) is 19.8 Å². The Morgan fingerprint density at radius 1 is 1.45 bits per heavy atom. The molecule has 0 spiro atoms. The zero-order valence-corrected chi connectivity index (χ0v) is 12.4. The quantitative estimate of drug-likeness (QED) is 0.844. The van der Waals surface area contributed by atoms with Crippen molar-refractivity contribution in [2.45, 2.75) is 44.9 Å². The van der Waals surface area contributed by atoms with E-state index in [2.05, 4.69) is 10.1 Å². The minimum Gasteiger partial charge on any atom is -0.381 e. The topological polar surface area (TPSA) is 47.7 Å². The molecule has 1 aromatic heterocycles. The van der Waals surface area contributed by atoms with E-state index in [9.17, 15) is 0 Å². The van der Waals surface area contributed by atoms with Crippen LogP contribution in [0.25, 0.3) is 0 Å². The Kier molecular flexibility index (Phi) is 4.38. The normalized spacial score (nSPS) is 31.8. The molecule has 2 aliphatic rings. The lowest BCUT2D eigenvalue weighted by Crippen LogP contribution is -2.50. The van der Waals surface area contributed by atoms with E-state index in [0.717, 1.165) is 37.8 Å². The molecule has 0 bridgehead atoms. The van der Waals surface area contributed by atoms with Crippen LogP contribution >= 0.6 is 0 Å². The van der Waals surface area contributed by atoms with Crippen molar-refractivity contribution in [1.82, 2.24) is 10.1 Å². The molecule has 1 saturated carbocycles. The first-order valence-corrected chi connectivity index (χ1v) is 7.54. The van der Waals surface area contributed by atoms with Crippen molar-refractivity contribution in [3.8, 4) is 0 Å². The van der Waals surface area contributed by atoms with Crippen LogP contribution in [0, 0.1) is 12.8 Å². The van der Waals surface area contributed by atoms with Gasteiger partial charge in [0, 0.05) is 38.2 Å². The van der Waals surface area contributed by atoms with Gasteiger partial charge in [0.05, 0.1) is 25.0 Å². The molecule has 0 amide bonds. The standard InChI is InChI=1S/C15H24N2O3/c1-11-8-12(16-20-11)9-17-6-7-19-10-14(17)13-4-3-5-15(13)18-2/h8,13-15H,3-7,9-10H2,1-2H3/t13-,14+,15+/m0/s1. The van der Waals surface area contributed by atoms with E-state index in [1.54, 1.807) is 0 Å². The maximum atomic E-state index is 5.72. The SMILES string of the molecule is CO[C@@H]1CCC[C@H]1[C@H]1COCCN1Cc1cc(C)on1. The average molecular weight is 280 g/mol. The summed E-state index contributed by atoms with van der Waals surface area (Å²) in [5, 5.41) is 4.12. The fraction of sp³-hybridized carbons (Fsp3) is 0.800. The van der Waals surface area contributed by atoms with Crippen molar-refractivity contribution >= 4 is 0 Å². The van der Waals surface area contributed by atoms with Gasteiger partial charge in [0.2, 0.25) is 0 Å².